The van der Waals surface area contributed by atoms with Crippen molar-refractivity contribution in [3.63, 3.8) is 0 Å². The Balaban J connectivity index is 1.64. The minimum absolute atomic E-state index is 0.0862. The van der Waals surface area contributed by atoms with E-state index in [9.17, 15) is 10.2 Å². The maximum atomic E-state index is 11.3. The first kappa shape index (κ1) is 26.5. The van der Waals surface area contributed by atoms with Crippen molar-refractivity contribution in [2.75, 3.05) is 6.61 Å². The molecule has 9 atom stereocenters. The van der Waals surface area contributed by atoms with Crippen LogP contribution in [0.1, 0.15) is 113 Å². The van der Waals surface area contributed by atoms with Gasteiger partial charge in [0.1, 0.15) is 0 Å². The van der Waals surface area contributed by atoms with Gasteiger partial charge < -0.3 is 14.9 Å². The van der Waals surface area contributed by atoms with Crippen molar-refractivity contribution in [2.24, 2.45) is 46.8 Å². The van der Waals surface area contributed by atoms with Crippen LogP contribution in [0, 0.1) is 46.8 Å². The highest BCUT2D eigenvalue weighted by atomic mass is 16.5. The molecule has 3 aliphatic rings. The van der Waals surface area contributed by atoms with Gasteiger partial charge in [0.15, 0.2) is 0 Å². The molecule has 3 saturated carbocycles. The molecular weight excluding hydrogens is 396 g/mol. The lowest BCUT2D eigenvalue weighted by atomic mass is 9.53. The fourth-order valence-corrected chi connectivity index (χ4v) is 8.14. The Bertz CT molecular complexity index is 581. The second-order valence-electron chi connectivity index (χ2n) is 13.5. The molecule has 0 amide bonds. The van der Waals surface area contributed by atoms with Crippen molar-refractivity contribution < 1.29 is 14.9 Å². The molecule has 3 aliphatic carbocycles. The summed E-state index contributed by atoms with van der Waals surface area (Å²) in [4.78, 5) is 0. The van der Waals surface area contributed by atoms with Crippen LogP contribution >= 0.6 is 0 Å². The van der Waals surface area contributed by atoms with E-state index in [1.54, 1.807) is 0 Å². The third-order valence-corrected chi connectivity index (χ3v) is 9.81. The molecule has 0 aromatic heterocycles. The Morgan fingerprint density at radius 2 is 1.66 bits per heavy atom. The van der Waals surface area contributed by atoms with E-state index in [1.807, 2.05) is 0 Å². The van der Waals surface area contributed by atoms with Gasteiger partial charge >= 0.3 is 0 Å². The summed E-state index contributed by atoms with van der Waals surface area (Å²) in [5.74, 6) is 4.71. The van der Waals surface area contributed by atoms with Crippen molar-refractivity contribution in [1.29, 1.82) is 0 Å². The molecule has 0 heterocycles. The maximum Gasteiger partial charge on any atom is 0.0621 e. The summed E-state index contributed by atoms with van der Waals surface area (Å²) in [5.41, 5.74) is -0.244. The Kier molecular flexibility index (Phi) is 8.81. The molecule has 2 N–H and O–H groups in total. The van der Waals surface area contributed by atoms with Crippen molar-refractivity contribution in [1.82, 2.24) is 0 Å². The molecule has 0 radical (unpaired) electrons. The first-order valence-electron chi connectivity index (χ1n) is 13.9. The van der Waals surface area contributed by atoms with Crippen molar-refractivity contribution in [3.05, 3.63) is 0 Å². The summed E-state index contributed by atoms with van der Waals surface area (Å²) in [7, 11) is 0. The highest BCUT2D eigenvalue weighted by Crippen LogP contribution is 2.59. The van der Waals surface area contributed by atoms with Gasteiger partial charge in [-0.2, -0.15) is 0 Å². The average molecular weight is 451 g/mol. The summed E-state index contributed by atoms with van der Waals surface area (Å²) < 4.78 is 6.23. The molecule has 188 valence electrons. The fraction of sp³-hybridized carbons (Fsp3) is 1.00. The van der Waals surface area contributed by atoms with Gasteiger partial charge in [-0.15, -0.1) is 0 Å². The van der Waals surface area contributed by atoms with E-state index in [2.05, 4.69) is 48.5 Å². The Morgan fingerprint density at radius 1 is 0.969 bits per heavy atom. The summed E-state index contributed by atoms with van der Waals surface area (Å²) in [6, 6.07) is 0. The van der Waals surface area contributed by atoms with E-state index < -0.39 is 0 Å². The van der Waals surface area contributed by atoms with Crippen LogP contribution in [0.2, 0.25) is 0 Å². The predicted octanol–water partition coefficient (Wildman–Crippen LogP) is 6.84. The van der Waals surface area contributed by atoms with Gasteiger partial charge in [0, 0.05) is 13.0 Å². The van der Waals surface area contributed by atoms with Crippen LogP contribution in [-0.2, 0) is 4.74 Å². The van der Waals surface area contributed by atoms with Gasteiger partial charge in [0.2, 0.25) is 0 Å². The van der Waals surface area contributed by atoms with E-state index in [-0.39, 0.29) is 23.2 Å². The molecule has 0 bridgehead atoms. The van der Waals surface area contributed by atoms with Crippen LogP contribution in [-0.4, -0.2) is 34.6 Å². The normalized spacial score (nSPS) is 41.6. The van der Waals surface area contributed by atoms with Crippen LogP contribution < -0.4 is 0 Å². The number of rotatable bonds is 8. The molecule has 0 spiro atoms. The molecule has 32 heavy (non-hydrogen) atoms. The van der Waals surface area contributed by atoms with Crippen molar-refractivity contribution >= 4 is 0 Å². The van der Waals surface area contributed by atoms with Gasteiger partial charge in [-0.1, -0.05) is 47.0 Å². The minimum Gasteiger partial charge on any atom is -0.396 e. The highest BCUT2D eigenvalue weighted by molar-refractivity contribution is 5.03. The average Bonchev–Trinajstić information content (AvgIpc) is 3.13. The zero-order chi connectivity index (χ0) is 23.7. The standard InChI is InChI=1S/C29H54O3/c1-19(2)9-8-10-20(3)22-11-12-24-23(22)13-14-26(25(24)18-30)29(7)16-15-21(17-27(29)31)32-28(4,5)6/h19-27,30-31H,8-18H2,1-7H3/t20-,21+,22-,23+,24+,25-,26-,27+,29-/m0/s1. The number of aliphatic hydroxyl groups excluding tert-OH is 2. The summed E-state index contributed by atoms with van der Waals surface area (Å²) >= 11 is 0. The Hall–Kier alpha value is -0.120. The first-order chi connectivity index (χ1) is 15.0. The van der Waals surface area contributed by atoms with Gasteiger partial charge in [0.05, 0.1) is 17.8 Å². The highest BCUT2D eigenvalue weighted by Gasteiger charge is 2.54. The molecule has 0 unspecified atom stereocenters. The molecule has 3 nitrogen and oxygen atoms in total. The Morgan fingerprint density at radius 3 is 2.25 bits per heavy atom. The van der Waals surface area contributed by atoms with E-state index in [4.69, 9.17) is 4.74 Å². The number of hydrogen-bond acceptors (Lipinski definition) is 3. The largest absolute Gasteiger partial charge is 0.396 e. The Labute approximate surface area is 199 Å². The minimum atomic E-state index is -0.327. The van der Waals surface area contributed by atoms with Gasteiger partial charge in [-0.3, -0.25) is 0 Å². The molecule has 3 heteroatoms. The lowest BCUT2D eigenvalue weighted by Crippen LogP contribution is -2.52. The zero-order valence-corrected chi connectivity index (χ0v) is 22.3. The second kappa shape index (κ2) is 10.6. The monoisotopic (exact) mass is 450 g/mol. The summed E-state index contributed by atoms with van der Waals surface area (Å²) in [5, 5.41) is 21.9. The van der Waals surface area contributed by atoms with Crippen molar-refractivity contribution in [2.45, 2.75) is 130 Å². The second-order valence-corrected chi connectivity index (χ2v) is 13.5. The first-order valence-corrected chi connectivity index (χ1v) is 13.9. The number of aliphatic hydroxyl groups is 2. The summed E-state index contributed by atoms with van der Waals surface area (Å²) in [6.45, 7) is 16.1. The topological polar surface area (TPSA) is 49.7 Å². The zero-order valence-electron chi connectivity index (χ0n) is 22.3. The molecule has 3 fully saturated rings. The SMILES string of the molecule is CC(C)CCC[C@H](C)[C@@H]1CC[C@@H]2[C@@H]1CC[C@H]([C@]1(C)CC[C@@H](OC(C)(C)C)C[C@H]1O)[C@H]2CO. The number of ether oxygens (including phenoxy) is 1. The third-order valence-electron chi connectivity index (χ3n) is 9.81. The smallest absolute Gasteiger partial charge is 0.0621 e. The predicted molar refractivity (Wildman–Crippen MR) is 133 cm³/mol. The molecule has 0 aromatic carbocycles. The molecule has 0 aromatic rings. The van der Waals surface area contributed by atoms with Crippen LogP contribution in [0.5, 0.6) is 0 Å². The number of hydrogen-bond donors (Lipinski definition) is 2. The quantitative estimate of drug-likeness (QED) is 0.425. The summed E-state index contributed by atoms with van der Waals surface area (Å²) in [6.07, 6.45) is 11.8. The van der Waals surface area contributed by atoms with Gasteiger partial charge in [-0.05, 0) is 106 Å². The van der Waals surface area contributed by atoms with Crippen LogP contribution in [0.15, 0.2) is 0 Å². The molecule has 0 aliphatic heterocycles. The van der Waals surface area contributed by atoms with Crippen LogP contribution in [0.3, 0.4) is 0 Å². The lowest BCUT2D eigenvalue weighted by Gasteiger charge is -2.54. The molecular formula is C29H54O3. The molecule has 0 saturated heterocycles. The van der Waals surface area contributed by atoms with E-state index in [0.717, 1.165) is 42.9 Å². The third kappa shape index (κ3) is 5.92. The van der Waals surface area contributed by atoms with Crippen LogP contribution in [0.25, 0.3) is 0 Å². The molecule has 3 rings (SSSR count). The maximum absolute atomic E-state index is 11.3. The van der Waals surface area contributed by atoms with Crippen molar-refractivity contribution in [3.8, 4) is 0 Å². The fourth-order valence-electron chi connectivity index (χ4n) is 8.14. The van der Waals surface area contributed by atoms with Gasteiger partial charge in [-0.25, -0.2) is 0 Å². The van der Waals surface area contributed by atoms with E-state index >= 15 is 0 Å². The number of fused-ring (bicyclic) bond motifs is 1. The van der Waals surface area contributed by atoms with Gasteiger partial charge in [0.25, 0.3) is 0 Å². The lowest BCUT2D eigenvalue weighted by molar-refractivity contribution is -0.154. The van der Waals surface area contributed by atoms with E-state index in [0.29, 0.717) is 24.4 Å². The van der Waals surface area contributed by atoms with Crippen LogP contribution in [0.4, 0.5) is 0 Å². The van der Waals surface area contributed by atoms with E-state index in [1.165, 1.54) is 44.9 Å².